The van der Waals surface area contributed by atoms with Gasteiger partial charge in [-0.3, -0.25) is 14.4 Å². The minimum atomic E-state index is -0.966. The van der Waals surface area contributed by atoms with Gasteiger partial charge < -0.3 is 15.7 Å². The van der Waals surface area contributed by atoms with Gasteiger partial charge in [-0.15, -0.1) is 11.3 Å². The van der Waals surface area contributed by atoms with E-state index in [1.807, 2.05) is 11.5 Å². The van der Waals surface area contributed by atoms with Gasteiger partial charge in [0, 0.05) is 11.4 Å². The molecule has 0 radical (unpaired) electrons. The molecule has 0 saturated heterocycles. The Morgan fingerprint density at radius 1 is 0.962 bits per heavy atom. The standard InChI is InChI=1S/C19H18N2O4S/c22-17(14-7-1-2-8-15(14)19(24)25)20-12-5-3-6-13(11-12)21-18(23)16-9-4-10-26-16/h1-6,9-11,14-15H,7-8H2,(H,20,22)(H,21,23)(H,24,25)/t14-,15-/m0/s1. The summed E-state index contributed by atoms with van der Waals surface area (Å²) in [6, 6.07) is 10.3. The molecule has 0 aliphatic heterocycles. The lowest BCUT2D eigenvalue weighted by Crippen LogP contribution is -2.34. The molecule has 1 aromatic carbocycles. The molecule has 6 nitrogen and oxygen atoms in total. The molecule has 1 aliphatic rings. The summed E-state index contributed by atoms with van der Waals surface area (Å²) in [5, 5.41) is 16.7. The Labute approximate surface area is 154 Å². The number of anilines is 2. The highest BCUT2D eigenvalue weighted by molar-refractivity contribution is 7.12. The third kappa shape index (κ3) is 4.18. The molecule has 2 aromatic rings. The Morgan fingerprint density at radius 2 is 1.65 bits per heavy atom. The smallest absolute Gasteiger partial charge is 0.307 e. The van der Waals surface area contributed by atoms with Gasteiger partial charge in [-0.05, 0) is 42.5 Å². The van der Waals surface area contributed by atoms with E-state index < -0.39 is 17.8 Å². The molecule has 3 rings (SSSR count). The predicted octanol–water partition coefficient (Wildman–Crippen LogP) is 3.61. The van der Waals surface area contributed by atoms with Crippen molar-refractivity contribution in [1.82, 2.24) is 0 Å². The summed E-state index contributed by atoms with van der Waals surface area (Å²) >= 11 is 1.34. The van der Waals surface area contributed by atoms with Crippen LogP contribution in [-0.4, -0.2) is 22.9 Å². The average molecular weight is 370 g/mol. The summed E-state index contributed by atoms with van der Waals surface area (Å²) in [6.45, 7) is 0. The molecular formula is C19H18N2O4S. The number of hydrogen-bond acceptors (Lipinski definition) is 4. The van der Waals surface area contributed by atoms with Crippen molar-refractivity contribution in [2.45, 2.75) is 12.8 Å². The fourth-order valence-electron chi connectivity index (χ4n) is 2.89. The lowest BCUT2D eigenvalue weighted by Gasteiger charge is -2.24. The third-order valence-corrected chi connectivity index (χ3v) is 5.09. The van der Waals surface area contributed by atoms with Crippen molar-refractivity contribution < 1.29 is 19.5 Å². The van der Waals surface area contributed by atoms with E-state index in [-0.39, 0.29) is 11.8 Å². The molecule has 1 heterocycles. The number of thiophene rings is 1. The fourth-order valence-corrected chi connectivity index (χ4v) is 3.51. The van der Waals surface area contributed by atoms with Gasteiger partial charge in [-0.25, -0.2) is 0 Å². The molecule has 2 amide bonds. The molecule has 2 atom stereocenters. The van der Waals surface area contributed by atoms with Crippen LogP contribution in [0.15, 0.2) is 53.9 Å². The Bertz CT molecular complexity index is 845. The van der Waals surface area contributed by atoms with Crippen molar-refractivity contribution in [3.8, 4) is 0 Å². The monoisotopic (exact) mass is 370 g/mol. The fraction of sp³-hybridized carbons (Fsp3) is 0.211. The maximum Gasteiger partial charge on any atom is 0.307 e. The first-order valence-corrected chi connectivity index (χ1v) is 9.06. The van der Waals surface area contributed by atoms with Crippen molar-refractivity contribution in [3.63, 3.8) is 0 Å². The number of hydrogen-bond donors (Lipinski definition) is 3. The lowest BCUT2D eigenvalue weighted by atomic mass is 9.82. The predicted molar refractivity (Wildman–Crippen MR) is 100 cm³/mol. The normalized spacial score (nSPS) is 18.9. The van der Waals surface area contributed by atoms with Gasteiger partial charge >= 0.3 is 5.97 Å². The number of amides is 2. The highest BCUT2D eigenvalue weighted by Gasteiger charge is 2.33. The average Bonchev–Trinajstić information content (AvgIpc) is 3.17. The first kappa shape index (κ1) is 17.9. The number of carbonyl (C=O) groups excluding carboxylic acids is 2. The number of rotatable bonds is 5. The number of carboxylic acid groups (broad SMARTS) is 1. The van der Waals surface area contributed by atoms with Gasteiger partial charge in [-0.1, -0.05) is 24.3 Å². The van der Waals surface area contributed by atoms with Gasteiger partial charge in [-0.2, -0.15) is 0 Å². The molecule has 134 valence electrons. The van der Waals surface area contributed by atoms with Gasteiger partial charge in [0.2, 0.25) is 5.91 Å². The third-order valence-electron chi connectivity index (χ3n) is 4.22. The molecule has 3 N–H and O–H groups in total. The SMILES string of the molecule is O=C(Nc1cccc(NC(=O)[C@H]2CC=CC[C@@H]2C(=O)O)c1)c1cccs1. The zero-order valence-electron chi connectivity index (χ0n) is 13.8. The summed E-state index contributed by atoms with van der Waals surface area (Å²) in [4.78, 5) is 36.6. The van der Waals surface area contributed by atoms with Gasteiger partial charge in [0.15, 0.2) is 0 Å². The number of carboxylic acids is 1. The Hall–Kier alpha value is -2.93. The van der Waals surface area contributed by atoms with Crippen LogP contribution in [0.1, 0.15) is 22.5 Å². The highest BCUT2D eigenvalue weighted by Crippen LogP contribution is 2.27. The maximum atomic E-state index is 12.5. The first-order valence-electron chi connectivity index (χ1n) is 8.18. The topological polar surface area (TPSA) is 95.5 Å². The first-order chi connectivity index (χ1) is 12.5. The van der Waals surface area contributed by atoms with Gasteiger partial charge in [0.1, 0.15) is 0 Å². The summed E-state index contributed by atoms with van der Waals surface area (Å²) in [6.07, 6.45) is 4.38. The molecule has 0 bridgehead atoms. The van der Waals surface area contributed by atoms with Crippen LogP contribution in [-0.2, 0) is 9.59 Å². The zero-order valence-corrected chi connectivity index (χ0v) is 14.7. The molecule has 0 saturated carbocycles. The van der Waals surface area contributed by atoms with Crippen molar-refractivity contribution in [3.05, 3.63) is 58.8 Å². The minimum Gasteiger partial charge on any atom is -0.481 e. The van der Waals surface area contributed by atoms with E-state index in [2.05, 4.69) is 10.6 Å². The summed E-state index contributed by atoms with van der Waals surface area (Å²) in [5.74, 6) is -2.84. The number of allylic oxidation sites excluding steroid dienone is 2. The number of aliphatic carboxylic acids is 1. The van der Waals surface area contributed by atoms with E-state index in [0.717, 1.165) is 0 Å². The van der Waals surface area contributed by atoms with E-state index in [1.165, 1.54) is 11.3 Å². The molecule has 1 aromatic heterocycles. The molecule has 0 spiro atoms. The summed E-state index contributed by atoms with van der Waals surface area (Å²) in [7, 11) is 0. The van der Waals surface area contributed by atoms with Gasteiger partial charge in [0.25, 0.3) is 5.91 Å². The van der Waals surface area contributed by atoms with E-state index in [4.69, 9.17) is 0 Å². The number of nitrogens with one attached hydrogen (secondary N) is 2. The van der Waals surface area contributed by atoms with Crippen LogP contribution in [0, 0.1) is 11.8 Å². The van der Waals surface area contributed by atoms with E-state index in [9.17, 15) is 19.5 Å². The zero-order chi connectivity index (χ0) is 18.5. The van der Waals surface area contributed by atoms with E-state index in [0.29, 0.717) is 29.1 Å². The van der Waals surface area contributed by atoms with Crippen LogP contribution in [0.3, 0.4) is 0 Å². The molecule has 1 aliphatic carbocycles. The quantitative estimate of drug-likeness (QED) is 0.701. The van der Waals surface area contributed by atoms with E-state index in [1.54, 1.807) is 42.5 Å². The largest absolute Gasteiger partial charge is 0.481 e. The van der Waals surface area contributed by atoms with Crippen LogP contribution in [0.25, 0.3) is 0 Å². The summed E-state index contributed by atoms with van der Waals surface area (Å²) < 4.78 is 0. The second-order valence-electron chi connectivity index (χ2n) is 6.00. The summed E-state index contributed by atoms with van der Waals surface area (Å²) in [5.41, 5.74) is 1.07. The van der Waals surface area contributed by atoms with Crippen LogP contribution in [0.5, 0.6) is 0 Å². The minimum absolute atomic E-state index is 0.216. The Balaban J connectivity index is 1.68. The van der Waals surface area contributed by atoms with Gasteiger partial charge in [0.05, 0.1) is 16.7 Å². The van der Waals surface area contributed by atoms with Crippen LogP contribution in [0.2, 0.25) is 0 Å². The second-order valence-corrected chi connectivity index (χ2v) is 6.94. The Morgan fingerprint density at radius 3 is 2.31 bits per heavy atom. The molecule has 26 heavy (non-hydrogen) atoms. The maximum absolute atomic E-state index is 12.5. The molecule has 7 heteroatoms. The lowest BCUT2D eigenvalue weighted by molar-refractivity contribution is -0.146. The van der Waals surface area contributed by atoms with Crippen molar-refractivity contribution >= 4 is 40.5 Å². The highest BCUT2D eigenvalue weighted by atomic mass is 32.1. The second kappa shape index (κ2) is 7.97. The number of benzene rings is 1. The van der Waals surface area contributed by atoms with E-state index >= 15 is 0 Å². The van der Waals surface area contributed by atoms with Crippen LogP contribution >= 0.6 is 11.3 Å². The molecule has 0 fully saturated rings. The van der Waals surface area contributed by atoms with Crippen molar-refractivity contribution in [2.24, 2.45) is 11.8 Å². The van der Waals surface area contributed by atoms with Crippen molar-refractivity contribution in [2.75, 3.05) is 10.6 Å². The molecule has 0 unspecified atom stereocenters. The van der Waals surface area contributed by atoms with Crippen molar-refractivity contribution in [1.29, 1.82) is 0 Å². The van der Waals surface area contributed by atoms with Crippen LogP contribution in [0.4, 0.5) is 11.4 Å². The number of carbonyl (C=O) groups is 3. The molecular weight excluding hydrogens is 352 g/mol. The Kier molecular flexibility index (Phi) is 5.48. The van der Waals surface area contributed by atoms with Crippen LogP contribution < -0.4 is 10.6 Å².